The van der Waals surface area contributed by atoms with Crippen LogP contribution in [0.1, 0.15) is 24.7 Å². The summed E-state index contributed by atoms with van der Waals surface area (Å²) in [7, 11) is -3.07. The predicted molar refractivity (Wildman–Crippen MR) is 77.4 cm³/mol. The number of pyridine rings is 1. The number of aryl methyl sites for hydroxylation is 1. The van der Waals surface area contributed by atoms with Crippen LogP contribution in [0.4, 0.5) is 0 Å². The molecule has 1 aromatic rings. The van der Waals surface area contributed by atoms with Crippen molar-refractivity contribution in [3.05, 3.63) is 29.6 Å². The van der Waals surface area contributed by atoms with E-state index >= 15 is 0 Å². The van der Waals surface area contributed by atoms with Crippen molar-refractivity contribution in [1.29, 1.82) is 0 Å². The molecule has 5 nitrogen and oxygen atoms in total. The van der Waals surface area contributed by atoms with Gasteiger partial charge in [-0.3, -0.25) is 4.98 Å². The third kappa shape index (κ3) is 6.13. The fourth-order valence-electron chi connectivity index (χ4n) is 1.85. The molecule has 0 aliphatic heterocycles. The Morgan fingerprint density at radius 2 is 2.11 bits per heavy atom. The number of hydrogen-bond donors (Lipinski definition) is 1. The van der Waals surface area contributed by atoms with Gasteiger partial charge in [0, 0.05) is 25.3 Å². The van der Waals surface area contributed by atoms with Gasteiger partial charge in [-0.05, 0) is 32.0 Å². The largest absolute Gasteiger partial charge is 0.311 e. The van der Waals surface area contributed by atoms with E-state index in [9.17, 15) is 8.42 Å². The van der Waals surface area contributed by atoms with E-state index in [1.807, 2.05) is 32.0 Å². The number of aromatic nitrogens is 1. The summed E-state index contributed by atoms with van der Waals surface area (Å²) in [5.41, 5.74) is 2.02. The highest BCUT2D eigenvalue weighted by Gasteiger charge is 2.12. The van der Waals surface area contributed by atoms with Crippen molar-refractivity contribution in [1.82, 2.24) is 14.6 Å². The van der Waals surface area contributed by atoms with Gasteiger partial charge in [0.15, 0.2) is 0 Å². The number of sulfonamides is 1. The summed E-state index contributed by atoms with van der Waals surface area (Å²) < 4.78 is 24.2. The van der Waals surface area contributed by atoms with E-state index < -0.39 is 10.0 Å². The van der Waals surface area contributed by atoms with Crippen molar-refractivity contribution in [3.8, 4) is 0 Å². The van der Waals surface area contributed by atoms with Crippen LogP contribution in [0.25, 0.3) is 0 Å². The van der Waals surface area contributed by atoms with Gasteiger partial charge in [-0.2, -0.15) is 0 Å². The average Bonchev–Trinajstić information content (AvgIpc) is 2.32. The van der Waals surface area contributed by atoms with Gasteiger partial charge in [-0.15, -0.1) is 0 Å². The van der Waals surface area contributed by atoms with E-state index in [1.165, 1.54) is 10.6 Å². The van der Waals surface area contributed by atoms with Gasteiger partial charge < -0.3 is 5.32 Å². The van der Waals surface area contributed by atoms with Crippen LogP contribution in [0.15, 0.2) is 18.2 Å². The zero-order valence-corrected chi connectivity index (χ0v) is 12.7. The molecule has 0 amide bonds. The van der Waals surface area contributed by atoms with Crippen LogP contribution >= 0.6 is 0 Å². The molecule has 0 spiro atoms. The van der Waals surface area contributed by atoms with Crippen molar-refractivity contribution in [3.63, 3.8) is 0 Å². The highest BCUT2D eigenvalue weighted by Crippen LogP contribution is 1.99. The molecule has 6 heteroatoms. The monoisotopic (exact) mass is 285 g/mol. The molecule has 1 heterocycles. The summed E-state index contributed by atoms with van der Waals surface area (Å²) in [6.45, 7) is 6.40. The minimum absolute atomic E-state index is 0.526. The Balaban J connectivity index is 2.25. The lowest BCUT2D eigenvalue weighted by Gasteiger charge is -2.17. The maximum absolute atomic E-state index is 11.4. The Morgan fingerprint density at radius 3 is 2.68 bits per heavy atom. The van der Waals surface area contributed by atoms with Crippen LogP contribution in [0, 0.1) is 6.92 Å². The standard InChI is InChI=1S/C13H23N3O2S/c1-4-16(19(3,17)18)10-6-9-14-11-13-8-5-7-12(2)15-13/h5,7-8,14H,4,6,9-11H2,1-3H3. The van der Waals surface area contributed by atoms with Crippen LogP contribution in [0.2, 0.25) is 0 Å². The molecule has 1 rings (SSSR count). The van der Waals surface area contributed by atoms with Crippen molar-refractivity contribution in [2.75, 3.05) is 25.9 Å². The molecule has 0 saturated carbocycles. The normalized spacial score (nSPS) is 12.0. The Morgan fingerprint density at radius 1 is 1.37 bits per heavy atom. The molecule has 1 N–H and O–H groups in total. The molecule has 0 unspecified atom stereocenters. The molecule has 0 fully saturated rings. The van der Waals surface area contributed by atoms with Crippen molar-refractivity contribution in [2.24, 2.45) is 0 Å². The van der Waals surface area contributed by atoms with Gasteiger partial charge in [-0.25, -0.2) is 12.7 Å². The SMILES string of the molecule is CCN(CCCNCc1cccc(C)n1)S(C)(=O)=O. The van der Waals surface area contributed by atoms with E-state index in [2.05, 4.69) is 10.3 Å². The predicted octanol–water partition coefficient (Wildman–Crippen LogP) is 1.15. The third-order valence-corrected chi connectivity index (χ3v) is 4.21. The first-order chi connectivity index (χ1) is 8.93. The number of rotatable bonds is 8. The van der Waals surface area contributed by atoms with Crippen LogP contribution in [0.5, 0.6) is 0 Å². The maximum Gasteiger partial charge on any atom is 0.211 e. The first-order valence-electron chi connectivity index (χ1n) is 6.52. The van der Waals surface area contributed by atoms with Crippen LogP contribution in [-0.2, 0) is 16.6 Å². The van der Waals surface area contributed by atoms with E-state index in [0.717, 1.165) is 24.4 Å². The van der Waals surface area contributed by atoms with Crippen LogP contribution in [0.3, 0.4) is 0 Å². The van der Waals surface area contributed by atoms with E-state index in [-0.39, 0.29) is 0 Å². The van der Waals surface area contributed by atoms with Gasteiger partial charge in [0.1, 0.15) is 0 Å². The van der Waals surface area contributed by atoms with E-state index in [1.54, 1.807) is 0 Å². The zero-order chi connectivity index (χ0) is 14.3. The number of nitrogens with one attached hydrogen (secondary N) is 1. The Hall–Kier alpha value is -0.980. The minimum atomic E-state index is -3.07. The molecular weight excluding hydrogens is 262 g/mol. The van der Waals surface area contributed by atoms with Crippen LogP contribution in [-0.4, -0.2) is 43.6 Å². The second-order valence-corrected chi connectivity index (χ2v) is 6.54. The topological polar surface area (TPSA) is 62.3 Å². The van der Waals surface area contributed by atoms with Gasteiger partial charge in [0.05, 0.1) is 11.9 Å². The van der Waals surface area contributed by atoms with Gasteiger partial charge >= 0.3 is 0 Å². The Kier molecular flexibility index (Phi) is 6.41. The van der Waals surface area contributed by atoms with Crippen molar-refractivity contribution >= 4 is 10.0 Å². The molecule has 0 aliphatic rings. The Labute approximate surface area is 116 Å². The summed E-state index contributed by atoms with van der Waals surface area (Å²) in [6, 6.07) is 5.94. The fraction of sp³-hybridized carbons (Fsp3) is 0.615. The van der Waals surface area contributed by atoms with E-state index in [4.69, 9.17) is 0 Å². The lowest BCUT2D eigenvalue weighted by molar-refractivity contribution is 0.419. The summed E-state index contributed by atoms with van der Waals surface area (Å²) in [6.07, 6.45) is 2.05. The Bertz CT molecular complexity index is 488. The second kappa shape index (κ2) is 7.57. The summed E-state index contributed by atoms with van der Waals surface area (Å²) in [5.74, 6) is 0. The zero-order valence-electron chi connectivity index (χ0n) is 11.9. The molecule has 0 radical (unpaired) electrons. The van der Waals surface area contributed by atoms with Gasteiger partial charge in [0.25, 0.3) is 0 Å². The lowest BCUT2D eigenvalue weighted by Crippen LogP contribution is -2.32. The summed E-state index contributed by atoms with van der Waals surface area (Å²) in [4.78, 5) is 4.39. The highest BCUT2D eigenvalue weighted by atomic mass is 32.2. The lowest BCUT2D eigenvalue weighted by atomic mass is 10.3. The fourth-order valence-corrected chi connectivity index (χ4v) is 2.78. The first kappa shape index (κ1) is 16.1. The maximum atomic E-state index is 11.4. The number of nitrogens with zero attached hydrogens (tertiary/aromatic N) is 2. The van der Waals surface area contributed by atoms with Crippen molar-refractivity contribution < 1.29 is 8.42 Å². The quantitative estimate of drug-likeness (QED) is 0.728. The van der Waals surface area contributed by atoms with Gasteiger partial charge in [-0.1, -0.05) is 13.0 Å². The first-order valence-corrected chi connectivity index (χ1v) is 8.36. The van der Waals surface area contributed by atoms with E-state index in [0.29, 0.717) is 19.6 Å². The molecule has 0 saturated heterocycles. The number of hydrogen-bond acceptors (Lipinski definition) is 4. The summed E-state index contributed by atoms with van der Waals surface area (Å²) in [5, 5.41) is 3.28. The molecular formula is C13H23N3O2S. The minimum Gasteiger partial charge on any atom is -0.311 e. The smallest absolute Gasteiger partial charge is 0.211 e. The molecule has 0 aliphatic carbocycles. The van der Waals surface area contributed by atoms with Gasteiger partial charge in [0.2, 0.25) is 10.0 Å². The third-order valence-electron chi connectivity index (χ3n) is 2.83. The summed E-state index contributed by atoms with van der Waals surface area (Å²) >= 11 is 0. The van der Waals surface area contributed by atoms with Crippen molar-refractivity contribution in [2.45, 2.75) is 26.8 Å². The molecule has 0 atom stereocenters. The second-order valence-electron chi connectivity index (χ2n) is 4.56. The molecule has 0 bridgehead atoms. The highest BCUT2D eigenvalue weighted by molar-refractivity contribution is 7.88. The molecule has 19 heavy (non-hydrogen) atoms. The molecule has 1 aromatic heterocycles. The average molecular weight is 285 g/mol. The molecule has 108 valence electrons. The molecule has 0 aromatic carbocycles. The van der Waals surface area contributed by atoms with Crippen LogP contribution < -0.4 is 5.32 Å².